The highest BCUT2D eigenvalue weighted by atomic mass is 35.5. The minimum atomic E-state index is -0.296. The predicted molar refractivity (Wildman–Crippen MR) is 132 cm³/mol. The number of rotatable bonds is 2. The van der Waals surface area contributed by atoms with Gasteiger partial charge in [-0.25, -0.2) is 18.7 Å². The van der Waals surface area contributed by atoms with Crippen molar-refractivity contribution in [2.45, 2.75) is 25.8 Å². The first-order valence-corrected chi connectivity index (χ1v) is 12.2. The summed E-state index contributed by atoms with van der Waals surface area (Å²) < 4.78 is 27.5. The number of thiazole rings is 2. The van der Waals surface area contributed by atoms with Gasteiger partial charge in [0.2, 0.25) is 0 Å². The van der Waals surface area contributed by atoms with Crippen LogP contribution >= 0.6 is 35.1 Å². The fourth-order valence-electron chi connectivity index (χ4n) is 4.37. The van der Waals surface area contributed by atoms with E-state index in [-0.39, 0.29) is 36.0 Å². The van der Waals surface area contributed by atoms with Crippen molar-refractivity contribution in [3.63, 3.8) is 0 Å². The first-order chi connectivity index (χ1) is 15.4. The molecule has 3 aliphatic heterocycles. The van der Waals surface area contributed by atoms with Gasteiger partial charge in [0.25, 0.3) is 5.91 Å². The summed E-state index contributed by atoms with van der Waals surface area (Å²) in [4.78, 5) is 23.3. The van der Waals surface area contributed by atoms with Crippen molar-refractivity contribution < 1.29 is 13.6 Å². The zero-order valence-electron chi connectivity index (χ0n) is 17.9. The Morgan fingerprint density at radius 3 is 2.21 bits per heavy atom. The van der Waals surface area contributed by atoms with Crippen molar-refractivity contribution in [1.82, 2.24) is 20.2 Å². The number of hydrogen-bond donors (Lipinski definition) is 1. The molecule has 3 saturated heterocycles. The molecule has 5 heterocycles. The van der Waals surface area contributed by atoms with Crippen molar-refractivity contribution >= 4 is 61.4 Å². The van der Waals surface area contributed by atoms with Crippen LogP contribution in [-0.4, -0.2) is 46.5 Å². The van der Waals surface area contributed by atoms with Gasteiger partial charge in [-0.05, 0) is 75.2 Å². The number of fused-ring (bicyclic) bond motifs is 5. The van der Waals surface area contributed by atoms with E-state index < -0.39 is 0 Å². The summed E-state index contributed by atoms with van der Waals surface area (Å²) in [6.45, 7) is 5.16. The van der Waals surface area contributed by atoms with Gasteiger partial charge in [0.15, 0.2) is 5.01 Å². The fraction of sp³-hybridized carbons (Fsp3) is 0.348. The van der Waals surface area contributed by atoms with Gasteiger partial charge in [0.1, 0.15) is 11.6 Å². The lowest BCUT2D eigenvalue weighted by atomic mass is 9.84. The van der Waals surface area contributed by atoms with Crippen molar-refractivity contribution in [3.05, 3.63) is 58.0 Å². The molecule has 0 spiro atoms. The van der Waals surface area contributed by atoms with Crippen LogP contribution in [0.3, 0.4) is 0 Å². The molecule has 1 N–H and O–H groups in total. The zero-order chi connectivity index (χ0) is 22.2. The van der Waals surface area contributed by atoms with Crippen LogP contribution in [0.2, 0.25) is 0 Å². The molecule has 10 heteroatoms. The zero-order valence-corrected chi connectivity index (χ0v) is 20.3. The van der Waals surface area contributed by atoms with Crippen LogP contribution in [0.5, 0.6) is 0 Å². The van der Waals surface area contributed by atoms with Crippen molar-refractivity contribution in [1.29, 1.82) is 0 Å². The molecule has 2 bridgehead atoms. The summed E-state index contributed by atoms with van der Waals surface area (Å²) in [5.74, 6) is -0.0298. The van der Waals surface area contributed by atoms with Crippen LogP contribution < -0.4 is 5.32 Å². The Bertz CT molecular complexity index is 1290. The third kappa shape index (κ3) is 5.32. The van der Waals surface area contributed by atoms with Crippen LogP contribution in [0, 0.1) is 24.5 Å². The Balaban J connectivity index is 0.000000183. The summed E-state index contributed by atoms with van der Waals surface area (Å²) >= 11 is 2.77. The molecule has 7 rings (SSSR count). The third-order valence-electron chi connectivity index (χ3n) is 5.97. The van der Waals surface area contributed by atoms with Crippen LogP contribution in [0.25, 0.3) is 20.4 Å². The van der Waals surface area contributed by atoms with E-state index in [0.29, 0.717) is 21.1 Å². The molecule has 4 aromatic rings. The maximum Gasteiger partial charge on any atom is 0.280 e. The van der Waals surface area contributed by atoms with E-state index in [1.807, 2.05) is 6.92 Å². The van der Waals surface area contributed by atoms with Crippen LogP contribution in [0.15, 0.2) is 36.4 Å². The van der Waals surface area contributed by atoms with Gasteiger partial charge in [0.05, 0.1) is 25.4 Å². The number of hydrogen-bond acceptors (Lipinski definition) is 6. The lowest BCUT2D eigenvalue weighted by Gasteiger charge is -2.44. The molecule has 0 unspecified atom stereocenters. The number of aryl methyl sites for hydroxylation is 1. The van der Waals surface area contributed by atoms with E-state index >= 15 is 0 Å². The largest absolute Gasteiger partial charge is 0.346 e. The molecule has 1 amide bonds. The van der Waals surface area contributed by atoms with Crippen LogP contribution in [0.4, 0.5) is 8.78 Å². The number of piperidine rings is 3. The molecule has 5 nitrogen and oxygen atoms in total. The van der Waals surface area contributed by atoms with Gasteiger partial charge in [-0.3, -0.25) is 4.79 Å². The van der Waals surface area contributed by atoms with Crippen LogP contribution in [-0.2, 0) is 0 Å². The molecule has 174 valence electrons. The van der Waals surface area contributed by atoms with E-state index in [1.54, 1.807) is 12.1 Å². The first kappa shape index (κ1) is 23.9. The van der Waals surface area contributed by atoms with E-state index in [0.717, 1.165) is 47.7 Å². The Morgan fingerprint density at radius 2 is 1.61 bits per heavy atom. The number of halogens is 3. The minimum Gasteiger partial charge on any atom is -0.346 e. The Hall–Kier alpha value is -2.20. The normalized spacial score (nSPS) is 21.4. The van der Waals surface area contributed by atoms with Gasteiger partial charge in [-0.1, -0.05) is 0 Å². The Morgan fingerprint density at radius 1 is 1.00 bits per heavy atom. The Kier molecular flexibility index (Phi) is 7.23. The number of benzene rings is 2. The first-order valence-electron chi connectivity index (χ1n) is 10.6. The molecule has 1 atom stereocenters. The molecule has 0 aliphatic carbocycles. The second-order valence-corrected chi connectivity index (χ2v) is 10.5. The highest BCUT2D eigenvalue weighted by molar-refractivity contribution is 7.20. The molecular formula is C23H23ClF2N4OS2. The maximum atomic E-state index is 13.2. The number of amides is 1. The van der Waals surface area contributed by atoms with Crippen LogP contribution in [0.1, 0.15) is 27.7 Å². The van der Waals surface area contributed by atoms with E-state index in [2.05, 4.69) is 20.2 Å². The summed E-state index contributed by atoms with van der Waals surface area (Å²) in [6.07, 6.45) is 2.33. The SMILES string of the molecule is Cc1nc2ccc(F)cc2s1.Cl.O=C(N[C@H]1CN2CCC1CC2)c1nc2ccc(F)cc2s1. The standard InChI is InChI=1S/C15H16FN3OS.C8H6FNS.ClH/c16-10-1-2-11-13(7-10)21-15(18-11)14(20)17-12-8-19-5-3-9(12)4-6-19;1-5-10-7-3-2-6(9)4-8(7)11-5;/h1-2,7,9,12H,3-6,8H2,(H,17,20);2-4H,1H3;1H/t12-;;/m0../s1. The van der Waals surface area contributed by atoms with E-state index in [1.165, 1.54) is 46.9 Å². The van der Waals surface area contributed by atoms with Gasteiger partial charge < -0.3 is 10.2 Å². The second-order valence-electron chi connectivity index (χ2n) is 8.19. The highest BCUT2D eigenvalue weighted by Gasteiger charge is 2.35. The minimum absolute atomic E-state index is 0. The molecule has 0 saturated carbocycles. The topological polar surface area (TPSA) is 58.1 Å². The lowest BCUT2D eigenvalue weighted by molar-refractivity contribution is 0.0620. The quantitative estimate of drug-likeness (QED) is 0.392. The molecule has 3 aliphatic rings. The molecular weight excluding hydrogens is 486 g/mol. The average molecular weight is 509 g/mol. The number of carbonyl (C=O) groups excluding carboxylic acids is 1. The molecule has 2 aromatic heterocycles. The van der Waals surface area contributed by atoms with Gasteiger partial charge in [-0.2, -0.15) is 0 Å². The predicted octanol–water partition coefficient (Wildman–Crippen LogP) is 5.43. The molecule has 33 heavy (non-hydrogen) atoms. The van der Waals surface area contributed by atoms with Gasteiger partial charge >= 0.3 is 0 Å². The number of aromatic nitrogens is 2. The second kappa shape index (κ2) is 9.97. The van der Waals surface area contributed by atoms with Gasteiger partial charge in [-0.15, -0.1) is 35.1 Å². The number of carbonyl (C=O) groups is 1. The van der Waals surface area contributed by atoms with Gasteiger partial charge in [0, 0.05) is 12.6 Å². The summed E-state index contributed by atoms with van der Waals surface area (Å²) in [5, 5.41) is 4.52. The van der Waals surface area contributed by atoms with Crippen molar-refractivity contribution in [2.24, 2.45) is 5.92 Å². The maximum absolute atomic E-state index is 13.2. The Labute approximate surface area is 204 Å². The molecule has 0 radical (unpaired) electrons. The van der Waals surface area contributed by atoms with E-state index in [9.17, 15) is 13.6 Å². The highest BCUT2D eigenvalue weighted by Crippen LogP contribution is 2.28. The number of nitrogens with zero attached hydrogens (tertiary/aromatic N) is 3. The summed E-state index contributed by atoms with van der Waals surface area (Å²) in [7, 11) is 0. The third-order valence-corrected chi connectivity index (χ3v) is 7.93. The summed E-state index contributed by atoms with van der Waals surface area (Å²) in [6, 6.07) is 9.29. The molecule has 3 fully saturated rings. The smallest absolute Gasteiger partial charge is 0.280 e. The van der Waals surface area contributed by atoms with Crippen molar-refractivity contribution in [2.75, 3.05) is 19.6 Å². The van der Waals surface area contributed by atoms with Crippen molar-refractivity contribution in [3.8, 4) is 0 Å². The van der Waals surface area contributed by atoms with E-state index in [4.69, 9.17) is 0 Å². The lowest BCUT2D eigenvalue weighted by Crippen LogP contribution is -2.57. The molecule has 2 aromatic carbocycles. The average Bonchev–Trinajstić information content (AvgIpc) is 3.37. The fourth-order valence-corrected chi connectivity index (χ4v) is 6.11. The number of nitrogens with one attached hydrogen (secondary N) is 1. The monoisotopic (exact) mass is 508 g/mol. The summed E-state index contributed by atoms with van der Waals surface area (Å²) in [5.41, 5.74) is 1.56.